The second-order valence-corrected chi connectivity index (χ2v) is 8.76. The van der Waals surface area contributed by atoms with Crippen molar-refractivity contribution in [1.82, 2.24) is 0 Å². The van der Waals surface area contributed by atoms with E-state index in [9.17, 15) is 28.8 Å². The van der Waals surface area contributed by atoms with Crippen molar-refractivity contribution in [1.29, 1.82) is 0 Å². The van der Waals surface area contributed by atoms with Crippen LogP contribution in [0.15, 0.2) is 0 Å². The molecule has 2 aliphatic rings. The summed E-state index contributed by atoms with van der Waals surface area (Å²) in [6.07, 6.45) is -7.81. The van der Waals surface area contributed by atoms with Crippen molar-refractivity contribution < 1.29 is 66.7 Å². The zero-order valence-electron chi connectivity index (χ0n) is 22.2. The zero-order chi connectivity index (χ0) is 28.6. The van der Waals surface area contributed by atoms with E-state index in [1.54, 1.807) is 13.8 Å². The molecule has 1 saturated heterocycles. The summed E-state index contributed by atoms with van der Waals surface area (Å²) in [4.78, 5) is 72.3. The van der Waals surface area contributed by atoms with E-state index in [4.69, 9.17) is 37.9 Å². The molecule has 2 rings (SSSR count). The fourth-order valence-electron chi connectivity index (χ4n) is 4.26. The van der Waals surface area contributed by atoms with E-state index in [2.05, 4.69) is 0 Å². The molecule has 0 aromatic carbocycles. The number of carbonyl (C=O) groups is 6. The summed E-state index contributed by atoms with van der Waals surface area (Å²) in [5, 5.41) is 0. The van der Waals surface area contributed by atoms with Gasteiger partial charge in [0.15, 0.2) is 30.0 Å². The Balaban J connectivity index is 2.36. The quantitative estimate of drug-likeness (QED) is 0.197. The number of hydrogen-bond acceptors (Lipinski definition) is 14. The molecule has 0 aromatic rings. The van der Waals surface area contributed by atoms with Gasteiger partial charge in [0.2, 0.25) is 0 Å². The largest absolute Gasteiger partial charge is 0.465 e. The molecule has 0 aromatic heterocycles. The summed E-state index contributed by atoms with van der Waals surface area (Å²) < 4.78 is 43.0. The Morgan fingerprint density at radius 2 is 1.16 bits per heavy atom. The SMILES string of the molecule is CCOC(=O)C1(C(=O)OCC)CC(OC2O[C@H](COC(C)=O)[C@H](OC(C)=O)[C@H](OC(C)=O)[C@H]2OC(C)=O)C1. The fourth-order valence-corrected chi connectivity index (χ4v) is 4.26. The Morgan fingerprint density at radius 3 is 1.61 bits per heavy atom. The average molecular weight is 547 g/mol. The van der Waals surface area contributed by atoms with E-state index in [0.29, 0.717) is 0 Å². The van der Waals surface area contributed by atoms with Crippen LogP contribution in [0, 0.1) is 5.41 Å². The molecule has 1 aliphatic heterocycles. The zero-order valence-corrected chi connectivity index (χ0v) is 22.2. The van der Waals surface area contributed by atoms with Gasteiger partial charge in [0.1, 0.15) is 12.7 Å². The topological polar surface area (TPSA) is 176 Å². The molecule has 5 atom stereocenters. The second-order valence-electron chi connectivity index (χ2n) is 8.76. The van der Waals surface area contributed by atoms with Crippen LogP contribution in [-0.4, -0.2) is 92.4 Å². The number of esters is 6. The number of rotatable bonds is 11. The molecule has 0 bridgehead atoms. The number of carbonyl (C=O) groups excluding carboxylic acids is 6. The lowest BCUT2D eigenvalue weighted by Crippen LogP contribution is -2.64. The Bertz CT molecular complexity index is 888. The Hall–Kier alpha value is -3.26. The number of ether oxygens (including phenoxy) is 8. The van der Waals surface area contributed by atoms with Crippen LogP contribution in [0.4, 0.5) is 0 Å². The summed E-state index contributed by atoms with van der Waals surface area (Å²) in [5.41, 5.74) is -1.59. The highest BCUT2D eigenvalue weighted by atomic mass is 16.7. The lowest BCUT2D eigenvalue weighted by molar-refractivity contribution is -0.326. The molecule has 214 valence electrons. The van der Waals surface area contributed by atoms with E-state index in [-0.39, 0.29) is 26.1 Å². The lowest BCUT2D eigenvalue weighted by Gasteiger charge is -2.48. The van der Waals surface area contributed by atoms with Crippen LogP contribution in [0.25, 0.3) is 0 Å². The molecule has 14 heteroatoms. The van der Waals surface area contributed by atoms with Gasteiger partial charge in [-0.15, -0.1) is 0 Å². The van der Waals surface area contributed by atoms with Gasteiger partial charge in [-0.3, -0.25) is 28.8 Å². The minimum absolute atomic E-state index is 0.0468. The van der Waals surface area contributed by atoms with Crippen molar-refractivity contribution in [2.75, 3.05) is 19.8 Å². The van der Waals surface area contributed by atoms with Crippen LogP contribution in [0.3, 0.4) is 0 Å². The Kier molecular flexibility index (Phi) is 11.0. The predicted octanol–water partition coefficient (Wildman–Crippen LogP) is 0.361. The van der Waals surface area contributed by atoms with E-state index >= 15 is 0 Å². The highest BCUT2D eigenvalue weighted by molar-refractivity contribution is 6.01. The molecule has 1 aliphatic carbocycles. The van der Waals surface area contributed by atoms with E-state index < -0.39 is 84.6 Å². The maximum absolute atomic E-state index is 12.6. The van der Waals surface area contributed by atoms with Gasteiger partial charge in [-0.05, 0) is 13.8 Å². The minimum atomic E-state index is -1.59. The maximum Gasteiger partial charge on any atom is 0.323 e. The van der Waals surface area contributed by atoms with Crippen molar-refractivity contribution in [3.63, 3.8) is 0 Å². The Labute approximate surface area is 219 Å². The highest BCUT2D eigenvalue weighted by Crippen LogP contribution is 2.46. The highest BCUT2D eigenvalue weighted by Gasteiger charge is 2.61. The average Bonchev–Trinajstić information content (AvgIpc) is 2.77. The third kappa shape index (κ3) is 7.63. The molecule has 0 spiro atoms. The van der Waals surface area contributed by atoms with Gasteiger partial charge < -0.3 is 37.9 Å². The fraction of sp³-hybridized carbons (Fsp3) is 0.750. The van der Waals surface area contributed by atoms with E-state index in [0.717, 1.165) is 27.7 Å². The van der Waals surface area contributed by atoms with Crippen molar-refractivity contribution in [2.45, 2.75) is 91.2 Å². The molecular formula is C24H34O14. The van der Waals surface area contributed by atoms with Gasteiger partial charge in [-0.2, -0.15) is 0 Å². The van der Waals surface area contributed by atoms with Crippen molar-refractivity contribution >= 4 is 35.8 Å². The van der Waals surface area contributed by atoms with Crippen LogP contribution in [0.1, 0.15) is 54.4 Å². The predicted molar refractivity (Wildman–Crippen MR) is 122 cm³/mol. The van der Waals surface area contributed by atoms with Crippen LogP contribution >= 0.6 is 0 Å². The standard InChI is InChI=1S/C24H34O14/c1-7-31-22(29)24(23(30)32-8-2)9-16(10-24)37-21-20(36-15(6)28)19(35-14(5)27)18(34-13(4)26)17(38-21)11-33-12(3)25/h16-21H,7-11H2,1-6H3/t17-,18+,19+,20-,21?/m1/s1. The van der Waals surface area contributed by atoms with Gasteiger partial charge in [0.05, 0.1) is 19.3 Å². The van der Waals surface area contributed by atoms with Gasteiger partial charge in [0.25, 0.3) is 0 Å². The molecule has 1 unspecified atom stereocenters. The molecule has 0 N–H and O–H groups in total. The van der Waals surface area contributed by atoms with Crippen LogP contribution in [-0.2, 0) is 66.7 Å². The van der Waals surface area contributed by atoms with Crippen molar-refractivity contribution in [3.05, 3.63) is 0 Å². The van der Waals surface area contributed by atoms with Crippen molar-refractivity contribution in [3.8, 4) is 0 Å². The monoisotopic (exact) mass is 546 g/mol. The summed E-state index contributed by atoms with van der Waals surface area (Å²) in [7, 11) is 0. The molecule has 0 amide bonds. The summed E-state index contributed by atoms with van der Waals surface area (Å²) in [5.74, 6) is -4.53. The maximum atomic E-state index is 12.6. The van der Waals surface area contributed by atoms with E-state index in [1.807, 2.05) is 0 Å². The van der Waals surface area contributed by atoms with Gasteiger partial charge in [0, 0.05) is 40.5 Å². The van der Waals surface area contributed by atoms with Crippen LogP contribution < -0.4 is 0 Å². The summed E-state index contributed by atoms with van der Waals surface area (Å²) in [6.45, 7) is 7.33. The summed E-state index contributed by atoms with van der Waals surface area (Å²) in [6, 6.07) is 0. The number of hydrogen-bond donors (Lipinski definition) is 0. The first kappa shape index (κ1) is 31.0. The molecule has 1 heterocycles. The Morgan fingerprint density at radius 1 is 0.684 bits per heavy atom. The third-order valence-electron chi connectivity index (χ3n) is 5.76. The normalized spacial score (nSPS) is 26.2. The van der Waals surface area contributed by atoms with Crippen LogP contribution in [0.2, 0.25) is 0 Å². The first-order valence-corrected chi connectivity index (χ1v) is 12.1. The molecule has 1 saturated carbocycles. The third-order valence-corrected chi connectivity index (χ3v) is 5.76. The molecule has 38 heavy (non-hydrogen) atoms. The minimum Gasteiger partial charge on any atom is -0.465 e. The van der Waals surface area contributed by atoms with Crippen LogP contribution in [0.5, 0.6) is 0 Å². The van der Waals surface area contributed by atoms with Crippen molar-refractivity contribution in [2.24, 2.45) is 5.41 Å². The van der Waals surface area contributed by atoms with Gasteiger partial charge in [-0.1, -0.05) is 0 Å². The molecule has 2 fully saturated rings. The second kappa shape index (κ2) is 13.5. The molecule has 14 nitrogen and oxygen atoms in total. The molecular weight excluding hydrogens is 512 g/mol. The van der Waals surface area contributed by atoms with Gasteiger partial charge in [-0.25, -0.2) is 0 Å². The summed E-state index contributed by atoms with van der Waals surface area (Å²) >= 11 is 0. The van der Waals surface area contributed by atoms with E-state index in [1.165, 1.54) is 0 Å². The molecule has 0 radical (unpaired) electrons. The van der Waals surface area contributed by atoms with Gasteiger partial charge >= 0.3 is 35.8 Å². The lowest BCUT2D eigenvalue weighted by atomic mass is 9.66. The smallest absolute Gasteiger partial charge is 0.323 e. The first-order chi connectivity index (χ1) is 17.8. The first-order valence-electron chi connectivity index (χ1n) is 12.1.